The van der Waals surface area contributed by atoms with Crippen LogP contribution in [0.15, 0.2) is 86.0 Å². The summed E-state index contributed by atoms with van der Waals surface area (Å²) in [6, 6.07) is 20.2. The molecule has 0 spiro atoms. The second-order valence-corrected chi connectivity index (χ2v) is 9.98. The molecule has 0 saturated carbocycles. The highest BCUT2D eigenvalue weighted by molar-refractivity contribution is 5.72. The minimum Gasteiger partial charge on any atom is -0.466 e. The fourth-order valence-corrected chi connectivity index (χ4v) is 5.53. The Bertz CT molecular complexity index is 907. The van der Waals surface area contributed by atoms with Crippen LogP contribution in [0.2, 0.25) is 0 Å². The summed E-state index contributed by atoms with van der Waals surface area (Å²) < 4.78 is 5.00. The minimum absolute atomic E-state index is 0.0225. The van der Waals surface area contributed by atoms with Crippen LogP contribution in [-0.2, 0) is 15.1 Å². The smallest absolute Gasteiger partial charge is 0.309 e. The lowest BCUT2D eigenvalue weighted by atomic mass is 9.72. The molecule has 4 rings (SSSR count). The Morgan fingerprint density at radius 3 is 1.70 bits per heavy atom. The summed E-state index contributed by atoms with van der Waals surface area (Å²) >= 11 is 0. The Morgan fingerprint density at radius 2 is 1.30 bits per heavy atom. The standard InChI is InChI=1S/C21H25NO.C11H19NO2/c1-2-15-22-16-13-20(14-17-22)21(23,18-9-5-3-6-10-18)19-11-7-4-8-12-19;1-3-7-12-8-5-10(6-9-12)11(13)14-4-2/h2-12,20,23H,1,13-17H2;3,10H,1,4-9H2,2H3. The maximum absolute atomic E-state index is 11.8. The normalized spacial score (nSPS) is 17.9. The second kappa shape index (κ2) is 14.9. The van der Waals surface area contributed by atoms with Crippen molar-refractivity contribution in [3.63, 3.8) is 0 Å². The van der Waals surface area contributed by atoms with Gasteiger partial charge in [-0.15, -0.1) is 13.2 Å². The van der Waals surface area contributed by atoms with E-state index in [4.69, 9.17) is 4.74 Å². The Hall–Kier alpha value is -2.73. The number of carbonyl (C=O) groups is 1. The third-order valence-corrected chi connectivity index (χ3v) is 7.59. The van der Waals surface area contributed by atoms with Crippen molar-refractivity contribution < 1.29 is 14.6 Å². The summed E-state index contributed by atoms with van der Waals surface area (Å²) in [5.41, 5.74) is 1.07. The number of esters is 1. The lowest BCUT2D eigenvalue weighted by Gasteiger charge is -2.42. The molecule has 0 unspecified atom stereocenters. The molecule has 2 aromatic rings. The van der Waals surface area contributed by atoms with E-state index in [2.05, 4.69) is 23.0 Å². The first-order valence-electron chi connectivity index (χ1n) is 13.7. The lowest BCUT2D eigenvalue weighted by molar-refractivity contribution is -0.149. The van der Waals surface area contributed by atoms with Gasteiger partial charge in [0.05, 0.1) is 12.5 Å². The first kappa shape index (κ1) is 28.8. The SMILES string of the molecule is C=CCN1CCC(C(=O)OCC)CC1.C=CCN1CCC(C(O)(c2ccccc2)c2ccccc2)CC1. The molecular formula is C32H44N2O3. The van der Waals surface area contributed by atoms with Gasteiger partial charge in [0.1, 0.15) is 5.60 Å². The number of benzene rings is 2. The van der Waals surface area contributed by atoms with Gasteiger partial charge in [0, 0.05) is 13.1 Å². The topological polar surface area (TPSA) is 53.0 Å². The summed E-state index contributed by atoms with van der Waals surface area (Å²) in [6.07, 6.45) is 7.70. The van der Waals surface area contributed by atoms with Crippen LogP contribution < -0.4 is 0 Å². The van der Waals surface area contributed by atoms with E-state index < -0.39 is 5.60 Å². The molecule has 2 heterocycles. The molecule has 5 nitrogen and oxygen atoms in total. The highest BCUT2D eigenvalue weighted by Crippen LogP contribution is 2.41. The average Bonchev–Trinajstić information content (AvgIpc) is 2.95. The summed E-state index contributed by atoms with van der Waals surface area (Å²) in [5, 5.41) is 11.8. The molecule has 2 saturated heterocycles. The van der Waals surface area contributed by atoms with Crippen LogP contribution in [0.3, 0.4) is 0 Å². The third kappa shape index (κ3) is 7.88. The fraction of sp³-hybridized carbons (Fsp3) is 0.469. The van der Waals surface area contributed by atoms with Gasteiger partial charge in [-0.25, -0.2) is 0 Å². The zero-order valence-electron chi connectivity index (χ0n) is 22.4. The number of ether oxygens (including phenoxy) is 1. The van der Waals surface area contributed by atoms with Crippen molar-refractivity contribution in [2.24, 2.45) is 11.8 Å². The lowest BCUT2D eigenvalue weighted by Crippen LogP contribution is -2.44. The first-order valence-corrected chi connectivity index (χ1v) is 13.7. The number of likely N-dealkylation sites (tertiary alicyclic amines) is 2. The van der Waals surface area contributed by atoms with E-state index in [1.807, 2.05) is 79.7 Å². The zero-order valence-corrected chi connectivity index (χ0v) is 22.4. The highest BCUT2D eigenvalue weighted by Gasteiger charge is 2.41. The van der Waals surface area contributed by atoms with Gasteiger partial charge in [-0.2, -0.15) is 0 Å². The Kier molecular flexibility index (Phi) is 11.6. The average molecular weight is 505 g/mol. The molecule has 0 amide bonds. The van der Waals surface area contributed by atoms with Crippen molar-refractivity contribution in [3.05, 3.63) is 97.1 Å². The summed E-state index contributed by atoms with van der Waals surface area (Å²) in [4.78, 5) is 16.1. The van der Waals surface area contributed by atoms with Gasteiger partial charge in [0.25, 0.3) is 0 Å². The van der Waals surface area contributed by atoms with Gasteiger partial charge >= 0.3 is 5.97 Å². The van der Waals surface area contributed by atoms with Crippen LogP contribution in [0.5, 0.6) is 0 Å². The van der Waals surface area contributed by atoms with Gasteiger partial charge in [-0.05, 0) is 75.8 Å². The van der Waals surface area contributed by atoms with Gasteiger partial charge in [0.15, 0.2) is 0 Å². The van der Waals surface area contributed by atoms with E-state index in [0.29, 0.717) is 6.61 Å². The Morgan fingerprint density at radius 1 is 0.865 bits per heavy atom. The molecule has 2 aliphatic heterocycles. The van der Waals surface area contributed by atoms with Gasteiger partial charge < -0.3 is 9.84 Å². The van der Waals surface area contributed by atoms with Gasteiger partial charge in [-0.1, -0.05) is 72.8 Å². The van der Waals surface area contributed by atoms with E-state index in [-0.39, 0.29) is 17.8 Å². The summed E-state index contributed by atoms with van der Waals surface area (Å²) in [7, 11) is 0. The summed E-state index contributed by atoms with van der Waals surface area (Å²) in [5.74, 6) is 0.329. The van der Waals surface area contributed by atoms with Crippen molar-refractivity contribution in [3.8, 4) is 0 Å². The van der Waals surface area contributed by atoms with Crippen LogP contribution in [0.25, 0.3) is 0 Å². The zero-order chi connectivity index (χ0) is 26.5. The van der Waals surface area contributed by atoms with Crippen molar-refractivity contribution in [1.82, 2.24) is 9.80 Å². The monoisotopic (exact) mass is 504 g/mol. The molecule has 2 aromatic carbocycles. The summed E-state index contributed by atoms with van der Waals surface area (Å²) in [6.45, 7) is 15.7. The van der Waals surface area contributed by atoms with Crippen molar-refractivity contribution >= 4 is 5.97 Å². The van der Waals surface area contributed by atoms with Crippen LogP contribution in [0.4, 0.5) is 0 Å². The first-order chi connectivity index (χ1) is 18.0. The van der Waals surface area contributed by atoms with Crippen LogP contribution in [0.1, 0.15) is 43.7 Å². The van der Waals surface area contributed by atoms with Crippen LogP contribution in [0, 0.1) is 11.8 Å². The molecule has 0 bridgehead atoms. The van der Waals surface area contributed by atoms with E-state index in [1.54, 1.807) is 0 Å². The number of carbonyl (C=O) groups excluding carboxylic acids is 1. The number of piperidine rings is 2. The molecule has 0 aromatic heterocycles. The van der Waals surface area contributed by atoms with Crippen molar-refractivity contribution in [2.75, 3.05) is 45.9 Å². The largest absolute Gasteiger partial charge is 0.466 e. The van der Waals surface area contributed by atoms with E-state index in [0.717, 1.165) is 76.1 Å². The Balaban J connectivity index is 0.000000233. The molecule has 1 N–H and O–H groups in total. The van der Waals surface area contributed by atoms with E-state index in [1.165, 1.54) is 0 Å². The predicted molar refractivity (Wildman–Crippen MR) is 151 cm³/mol. The van der Waals surface area contributed by atoms with E-state index in [9.17, 15) is 9.90 Å². The molecule has 5 heteroatoms. The molecule has 2 fully saturated rings. The molecule has 2 aliphatic rings. The fourth-order valence-electron chi connectivity index (χ4n) is 5.53. The third-order valence-electron chi connectivity index (χ3n) is 7.59. The molecule has 200 valence electrons. The number of hydrogen-bond donors (Lipinski definition) is 1. The second-order valence-electron chi connectivity index (χ2n) is 9.98. The van der Waals surface area contributed by atoms with Gasteiger partial charge in [-0.3, -0.25) is 14.6 Å². The van der Waals surface area contributed by atoms with Gasteiger partial charge in [0.2, 0.25) is 0 Å². The van der Waals surface area contributed by atoms with Crippen molar-refractivity contribution in [1.29, 1.82) is 0 Å². The molecule has 0 atom stereocenters. The van der Waals surface area contributed by atoms with Crippen LogP contribution in [-0.4, -0.2) is 66.8 Å². The molecule has 0 radical (unpaired) electrons. The number of hydrogen-bond acceptors (Lipinski definition) is 5. The number of nitrogens with zero attached hydrogens (tertiary/aromatic N) is 2. The van der Waals surface area contributed by atoms with Crippen LogP contribution >= 0.6 is 0 Å². The minimum atomic E-state index is -0.914. The maximum atomic E-state index is 11.8. The number of aliphatic hydroxyl groups is 1. The predicted octanol–water partition coefficient (Wildman–Crippen LogP) is 5.27. The molecular weight excluding hydrogens is 460 g/mol. The van der Waals surface area contributed by atoms with Crippen molar-refractivity contribution in [2.45, 2.75) is 38.2 Å². The number of rotatable bonds is 9. The molecule has 0 aliphatic carbocycles. The maximum Gasteiger partial charge on any atom is 0.309 e. The van der Waals surface area contributed by atoms with E-state index >= 15 is 0 Å². The Labute approximate surface area is 223 Å². The molecule has 37 heavy (non-hydrogen) atoms. The quantitative estimate of drug-likeness (QED) is 0.373. The highest BCUT2D eigenvalue weighted by atomic mass is 16.5.